The summed E-state index contributed by atoms with van der Waals surface area (Å²) in [5, 5.41) is 13.3. The number of nitro benzene ring substituents is 1. The van der Waals surface area contributed by atoms with E-state index in [-0.39, 0.29) is 16.3 Å². The van der Waals surface area contributed by atoms with Crippen molar-refractivity contribution in [1.29, 1.82) is 0 Å². The molecule has 3 N–H and O–H groups in total. The van der Waals surface area contributed by atoms with Crippen LogP contribution in [0.5, 0.6) is 5.75 Å². The van der Waals surface area contributed by atoms with E-state index in [9.17, 15) is 19.7 Å². The normalized spacial score (nSPS) is 10.8. The molecule has 10 heteroatoms. The van der Waals surface area contributed by atoms with Gasteiger partial charge in [0, 0.05) is 29.1 Å². The van der Waals surface area contributed by atoms with Crippen LogP contribution in [0.1, 0.15) is 24.2 Å². The van der Waals surface area contributed by atoms with Gasteiger partial charge in [-0.05, 0) is 50.2 Å². The molecule has 2 aromatic carbocycles. The topological polar surface area (TPSA) is 123 Å². The number of carbonyl (C=O) groups excluding carboxylic acids is 2. The predicted octanol–water partition coefficient (Wildman–Crippen LogP) is 3.42. The molecule has 0 spiro atoms. The van der Waals surface area contributed by atoms with Gasteiger partial charge < -0.3 is 15.5 Å². The average Bonchev–Trinajstić information content (AvgIpc) is 2.67. The van der Waals surface area contributed by atoms with Gasteiger partial charge in [-0.25, -0.2) is 0 Å². The molecule has 29 heavy (non-hydrogen) atoms. The Morgan fingerprint density at radius 2 is 1.86 bits per heavy atom. The van der Waals surface area contributed by atoms with E-state index >= 15 is 0 Å². The Hall–Kier alpha value is -3.59. The monoisotopic (exact) mass is 418 g/mol. The number of amides is 2. The fraction of sp³-hybridized carbons (Fsp3) is 0.158. The van der Waals surface area contributed by atoms with E-state index in [1.165, 1.54) is 18.2 Å². The van der Waals surface area contributed by atoms with Crippen LogP contribution in [0.25, 0.3) is 0 Å². The predicted molar refractivity (Wildman–Crippen MR) is 109 cm³/mol. The Balaban J connectivity index is 1.90. The molecule has 0 heterocycles. The van der Waals surface area contributed by atoms with Gasteiger partial charge in [0.05, 0.1) is 11.5 Å². The molecule has 0 aromatic heterocycles. The first-order chi connectivity index (χ1) is 13.8. The number of nitro groups is 1. The van der Waals surface area contributed by atoms with Gasteiger partial charge in [-0.2, -0.15) is 0 Å². The van der Waals surface area contributed by atoms with Crippen LogP contribution in [0.4, 0.5) is 11.4 Å². The third kappa shape index (κ3) is 6.51. The van der Waals surface area contributed by atoms with Crippen molar-refractivity contribution in [2.24, 2.45) is 0 Å². The second kappa shape index (κ2) is 10.1. The summed E-state index contributed by atoms with van der Waals surface area (Å²) in [6, 6.07) is 10.5. The number of allylic oxidation sites excluding steroid dienone is 1. The zero-order chi connectivity index (χ0) is 21.4. The number of benzene rings is 2. The molecule has 9 nitrogen and oxygen atoms in total. The van der Waals surface area contributed by atoms with Gasteiger partial charge in [-0.3, -0.25) is 25.1 Å². The number of hydrogen-bond donors (Lipinski definition) is 3. The summed E-state index contributed by atoms with van der Waals surface area (Å²) in [4.78, 5) is 34.3. The summed E-state index contributed by atoms with van der Waals surface area (Å²) in [6.45, 7) is 4.02. The van der Waals surface area contributed by atoms with Gasteiger partial charge in [0.2, 0.25) is 5.91 Å². The van der Waals surface area contributed by atoms with Gasteiger partial charge in [-0.15, -0.1) is 0 Å². The SMILES string of the molecule is CCOc1ccc(NC(=O)C=C(C)NNC(=O)c2ccc([N+](=O)[O-])c(Cl)c2)cc1. The lowest BCUT2D eigenvalue weighted by Gasteiger charge is -2.09. The van der Waals surface area contributed by atoms with Crippen molar-refractivity contribution in [3.05, 3.63) is 74.9 Å². The summed E-state index contributed by atoms with van der Waals surface area (Å²) in [7, 11) is 0. The van der Waals surface area contributed by atoms with Gasteiger partial charge >= 0.3 is 0 Å². The Morgan fingerprint density at radius 1 is 1.17 bits per heavy atom. The quantitative estimate of drug-likeness (QED) is 0.343. The van der Waals surface area contributed by atoms with Gasteiger partial charge in [-0.1, -0.05) is 11.6 Å². The number of anilines is 1. The first-order valence-corrected chi connectivity index (χ1v) is 8.90. The maximum Gasteiger partial charge on any atom is 0.287 e. The van der Waals surface area contributed by atoms with Crippen LogP contribution in [0.15, 0.2) is 54.2 Å². The maximum atomic E-state index is 12.1. The Labute approximate surface area is 171 Å². The van der Waals surface area contributed by atoms with Crippen LogP contribution in [-0.4, -0.2) is 23.3 Å². The van der Waals surface area contributed by atoms with Crippen molar-refractivity contribution in [2.45, 2.75) is 13.8 Å². The van der Waals surface area contributed by atoms with E-state index < -0.39 is 16.7 Å². The first-order valence-electron chi connectivity index (χ1n) is 8.52. The van der Waals surface area contributed by atoms with Crippen molar-refractivity contribution in [2.75, 3.05) is 11.9 Å². The molecule has 0 atom stereocenters. The van der Waals surface area contributed by atoms with E-state index in [0.717, 1.165) is 6.07 Å². The van der Waals surface area contributed by atoms with Gasteiger partial charge in [0.1, 0.15) is 10.8 Å². The van der Waals surface area contributed by atoms with E-state index in [1.807, 2.05) is 6.92 Å². The van der Waals surface area contributed by atoms with Gasteiger partial charge in [0.15, 0.2) is 0 Å². The Morgan fingerprint density at radius 3 is 2.45 bits per heavy atom. The standard InChI is InChI=1S/C19H19ClN4O5/c1-3-29-15-7-5-14(6-8-15)21-18(25)10-12(2)22-23-19(26)13-4-9-17(24(27)28)16(20)11-13/h4-11,22H,3H2,1-2H3,(H,21,25)(H,23,26). The highest BCUT2D eigenvalue weighted by Crippen LogP contribution is 2.24. The third-order valence-corrected chi connectivity index (χ3v) is 3.86. The Bertz CT molecular complexity index is 944. The van der Waals surface area contributed by atoms with Crippen LogP contribution in [0.2, 0.25) is 5.02 Å². The zero-order valence-corrected chi connectivity index (χ0v) is 16.4. The number of rotatable bonds is 8. The van der Waals surface area contributed by atoms with E-state index in [2.05, 4.69) is 16.2 Å². The van der Waals surface area contributed by atoms with Crippen LogP contribution >= 0.6 is 11.6 Å². The summed E-state index contributed by atoms with van der Waals surface area (Å²) in [5.41, 5.74) is 5.76. The average molecular weight is 419 g/mol. The number of carbonyl (C=O) groups is 2. The Kier molecular flexibility index (Phi) is 7.55. The van der Waals surface area contributed by atoms with Crippen molar-refractivity contribution in [3.8, 4) is 5.75 Å². The number of hydrogen-bond acceptors (Lipinski definition) is 6. The highest BCUT2D eigenvalue weighted by atomic mass is 35.5. The summed E-state index contributed by atoms with van der Waals surface area (Å²) in [5.74, 6) is -0.263. The first kappa shape index (κ1) is 21.7. The molecule has 0 aliphatic rings. The van der Waals surface area contributed by atoms with Crippen LogP contribution in [0, 0.1) is 10.1 Å². The summed E-state index contributed by atoms with van der Waals surface area (Å²) < 4.78 is 5.33. The number of nitrogens with zero attached hydrogens (tertiary/aromatic N) is 1. The molecule has 0 radical (unpaired) electrons. The van der Waals surface area contributed by atoms with Crippen molar-refractivity contribution in [3.63, 3.8) is 0 Å². The summed E-state index contributed by atoms with van der Waals surface area (Å²) in [6.07, 6.45) is 1.26. The molecule has 0 unspecified atom stereocenters. The number of nitrogens with one attached hydrogen (secondary N) is 3. The van der Waals surface area contributed by atoms with Crippen molar-refractivity contribution < 1.29 is 19.2 Å². The fourth-order valence-electron chi connectivity index (χ4n) is 2.24. The molecular formula is C19H19ClN4O5. The van der Waals surface area contributed by atoms with Crippen LogP contribution in [0.3, 0.4) is 0 Å². The summed E-state index contributed by atoms with van der Waals surface area (Å²) >= 11 is 5.79. The highest BCUT2D eigenvalue weighted by Gasteiger charge is 2.15. The molecule has 0 saturated heterocycles. The minimum absolute atomic E-state index is 0.125. The van der Waals surface area contributed by atoms with E-state index in [4.69, 9.17) is 16.3 Å². The fourth-order valence-corrected chi connectivity index (χ4v) is 2.49. The lowest BCUT2D eigenvalue weighted by Crippen LogP contribution is -2.36. The molecule has 152 valence electrons. The van der Waals surface area contributed by atoms with Crippen LogP contribution < -0.4 is 20.9 Å². The lowest BCUT2D eigenvalue weighted by molar-refractivity contribution is -0.384. The smallest absolute Gasteiger partial charge is 0.287 e. The molecule has 0 aliphatic carbocycles. The second-order valence-electron chi connectivity index (χ2n) is 5.78. The molecule has 2 amide bonds. The lowest BCUT2D eigenvalue weighted by atomic mass is 10.2. The third-order valence-electron chi connectivity index (χ3n) is 3.56. The molecule has 0 fully saturated rings. The van der Waals surface area contributed by atoms with Crippen LogP contribution in [-0.2, 0) is 4.79 Å². The maximum absolute atomic E-state index is 12.1. The largest absolute Gasteiger partial charge is 0.494 e. The molecule has 2 aromatic rings. The minimum Gasteiger partial charge on any atom is -0.494 e. The van der Waals surface area contributed by atoms with Crippen molar-refractivity contribution >= 4 is 34.8 Å². The second-order valence-corrected chi connectivity index (χ2v) is 6.18. The molecule has 0 bridgehead atoms. The number of ether oxygens (including phenoxy) is 1. The molecule has 0 aliphatic heterocycles. The van der Waals surface area contributed by atoms with E-state index in [0.29, 0.717) is 23.7 Å². The molecule has 2 rings (SSSR count). The highest BCUT2D eigenvalue weighted by molar-refractivity contribution is 6.33. The zero-order valence-electron chi connectivity index (χ0n) is 15.7. The molecule has 0 saturated carbocycles. The number of halogens is 1. The number of hydrazine groups is 1. The molecular weight excluding hydrogens is 400 g/mol. The van der Waals surface area contributed by atoms with E-state index in [1.54, 1.807) is 31.2 Å². The minimum atomic E-state index is -0.641. The van der Waals surface area contributed by atoms with Crippen molar-refractivity contribution in [1.82, 2.24) is 10.9 Å². The van der Waals surface area contributed by atoms with Gasteiger partial charge in [0.25, 0.3) is 11.6 Å².